The van der Waals surface area contributed by atoms with Crippen molar-refractivity contribution in [2.75, 3.05) is 18.6 Å². The lowest BCUT2D eigenvalue weighted by Crippen LogP contribution is -2.31. The van der Waals surface area contributed by atoms with Gasteiger partial charge in [-0.3, -0.25) is 9.69 Å². The molecule has 6 heteroatoms. The number of anilines is 1. The molecule has 0 aliphatic heterocycles. The fraction of sp³-hybridized carbons (Fsp3) is 0.188. The van der Waals surface area contributed by atoms with Crippen LogP contribution >= 0.6 is 0 Å². The van der Waals surface area contributed by atoms with Gasteiger partial charge in [-0.15, -0.1) is 0 Å². The lowest BCUT2D eigenvalue weighted by molar-refractivity contribution is -0.107. The minimum atomic E-state index is -0.631. The van der Waals surface area contributed by atoms with Crippen LogP contribution in [-0.4, -0.2) is 31.8 Å². The van der Waals surface area contributed by atoms with Crippen LogP contribution in [0.1, 0.15) is 27.3 Å². The number of ether oxygens (including phenoxy) is 1. The Morgan fingerprint density at radius 2 is 1.91 bits per heavy atom. The summed E-state index contributed by atoms with van der Waals surface area (Å²) in [5.74, 6) is -0.757. The topological polar surface area (TPSA) is 76.8 Å². The highest BCUT2D eigenvalue weighted by Crippen LogP contribution is 2.21. The summed E-state index contributed by atoms with van der Waals surface area (Å²) in [6, 6.07) is 11.5. The molecule has 0 saturated carbocycles. The normalized spacial score (nSPS) is 10.0. The Bertz CT molecular complexity index is 662. The maximum Gasteiger partial charge on any atom is 0.374 e. The Kier molecular flexibility index (Phi) is 5.08. The number of benzene rings is 1. The molecule has 0 saturated heterocycles. The number of esters is 1. The molecule has 0 aliphatic rings. The molecule has 0 bridgehead atoms. The second-order valence-electron chi connectivity index (χ2n) is 4.41. The molecule has 6 nitrogen and oxygen atoms in total. The third kappa shape index (κ3) is 3.41. The second-order valence-corrected chi connectivity index (χ2v) is 4.41. The van der Waals surface area contributed by atoms with E-state index in [1.54, 1.807) is 30.3 Å². The average Bonchev–Trinajstić information content (AvgIpc) is 3.05. The Balaban J connectivity index is 2.29. The van der Waals surface area contributed by atoms with Crippen molar-refractivity contribution in [3.05, 3.63) is 53.8 Å². The molecule has 1 aromatic heterocycles. The van der Waals surface area contributed by atoms with Crippen molar-refractivity contribution in [3.8, 4) is 0 Å². The molecule has 0 fully saturated rings. The Labute approximate surface area is 127 Å². The van der Waals surface area contributed by atoms with Gasteiger partial charge in [-0.25, -0.2) is 4.79 Å². The first-order chi connectivity index (χ1) is 10.7. The number of nitrogens with zero attached hydrogens (tertiary/aromatic N) is 1. The predicted molar refractivity (Wildman–Crippen MR) is 78.8 cm³/mol. The van der Waals surface area contributed by atoms with E-state index < -0.39 is 5.97 Å². The van der Waals surface area contributed by atoms with Gasteiger partial charge in [0.15, 0.2) is 0 Å². The zero-order valence-corrected chi connectivity index (χ0v) is 12.0. The standard InChI is InChI=1S/C16H15NO5/c1-21-16(20)13-8-9-14(22-13)17(10-5-11-18)15(19)12-6-3-2-4-7-12/h2-4,6-9,11H,5,10H2,1H3. The second kappa shape index (κ2) is 7.21. The molecule has 0 N–H and O–H groups in total. The third-order valence-corrected chi connectivity index (χ3v) is 2.98. The number of carbonyl (C=O) groups is 3. The van der Waals surface area contributed by atoms with E-state index in [-0.39, 0.29) is 30.5 Å². The summed E-state index contributed by atoms with van der Waals surface area (Å²) in [7, 11) is 1.24. The van der Waals surface area contributed by atoms with Gasteiger partial charge in [-0.2, -0.15) is 0 Å². The lowest BCUT2D eigenvalue weighted by atomic mass is 10.2. The zero-order chi connectivity index (χ0) is 15.9. The van der Waals surface area contributed by atoms with E-state index >= 15 is 0 Å². The highest BCUT2D eigenvalue weighted by atomic mass is 16.5. The smallest absolute Gasteiger partial charge is 0.374 e. The highest BCUT2D eigenvalue weighted by Gasteiger charge is 2.22. The monoisotopic (exact) mass is 301 g/mol. The number of carbonyl (C=O) groups excluding carboxylic acids is 3. The lowest BCUT2D eigenvalue weighted by Gasteiger charge is -2.18. The van der Waals surface area contributed by atoms with Crippen molar-refractivity contribution in [1.82, 2.24) is 0 Å². The van der Waals surface area contributed by atoms with Crippen LogP contribution < -0.4 is 4.90 Å². The van der Waals surface area contributed by atoms with Gasteiger partial charge in [0.05, 0.1) is 7.11 Å². The third-order valence-electron chi connectivity index (χ3n) is 2.98. The number of hydrogen-bond acceptors (Lipinski definition) is 5. The first-order valence-corrected chi connectivity index (χ1v) is 6.66. The summed E-state index contributed by atoms with van der Waals surface area (Å²) in [6.45, 7) is 0.158. The quantitative estimate of drug-likeness (QED) is 0.604. The Morgan fingerprint density at radius 1 is 1.18 bits per heavy atom. The van der Waals surface area contributed by atoms with Gasteiger partial charge in [-0.1, -0.05) is 18.2 Å². The van der Waals surface area contributed by atoms with Crippen LogP contribution in [0.25, 0.3) is 0 Å². The molecule has 22 heavy (non-hydrogen) atoms. The highest BCUT2D eigenvalue weighted by molar-refractivity contribution is 6.05. The van der Waals surface area contributed by atoms with Gasteiger partial charge < -0.3 is 13.9 Å². The average molecular weight is 301 g/mol. The summed E-state index contributed by atoms with van der Waals surface area (Å²) in [5, 5.41) is 0. The Morgan fingerprint density at radius 3 is 2.55 bits per heavy atom. The maximum absolute atomic E-state index is 12.5. The molecule has 0 atom stereocenters. The molecule has 2 rings (SSSR count). The minimum Gasteiger partial charge on any atom is -0.463 e. The Hall–Kier alpha value is -2.89. The SMILES string of the molecule is COC(=O)c1ccc(N(CCC=O)C(=O)c2ccccc2)o1. The van der Waals surface area contributed by atoms with Crippen molar-refractivity contribution in [1.29, 1.82) is 0 Å². The fourth-order valence-corrected chi connectivity index (χ4v) is 1.91. The molecule has 0 radical (unpaired) electrons. The van der Waals surface area contributed by atoms with E-state index in [4.69, 9.17) is 4.42 Å². The molecule has 1 aromatic carbocycles. The molecule has 1 heterocycles. The molecule has 114 valence electrons. The van der Waals surface area contributed by atoms with E-state index in [2.05, 4.69) is 4.74 Å². The van der Waals surface area contributed by atoms with Crippen LogP contribution in [0.5, 0.6) is 0 Å². The summed E-state index contributed by atoms with van der Waals surface area (Å²) in [6.07, 6.45) is 0.877. The number of hydrogen-bond donors (Lipinski definition) is 0. The van der Waals surface area contributed by atoms with Crippen LogP contribution in [0.2, 0.25) is 0 Å². The minimum absolute atomic E-state index is 0.00513. The molecule has 0 aliphatic carbocycles. The van der Waals surface area contributed by atoms with Crippen LogP contribution in [0.4, 0.5) is 5.88 Å². The predicted octanol–water partition coefficient (Wildman–Crippen LogP) is 2.30. The molecular formula is C16H15NO5. The molecule has 0 spiro atoms. The van der Waals surface area contributed by atoms with Crippen molar-refractivity contribution in [3.63, 3.8) is 0 Å². The summed E-state index contributed by atoms with van der Waals surface area (Å²) < 4.78 is 9.92. The van der Waals surface area contributed by atoms with E-state index in [0.29, 0.717) is 5.56 Å². The van der Waals surface area contributed by atoms with Crippen molar-refractivity contribution in [2.45, 2.75) is 6.42 Å². The zero-order valence-electron chi connectivity index (χ0n) is 12.0. The summed E-state index contributed by atoms with van der Waals surface area (Å²) >= 11 is 0. The van der Waals surface area contributed by atoms with E-state index in [1.807, 2.05) is 0 Å². The summed E-state index contributed by atoms with van der Waals surface area (Å²) in [5.41, 5.74) is 0.462. The van der Waals surface area contributed by atoms with E-state index in [1.165, 1.54) is 24.1 Å². The van der Waals surface area contributed by atoms with Gasteiger partial charge in [0, 0.05) is 24.6 Å². The first-order valence-electron chi connectivity index (χ1n) is 6.66. The van der Waals surface area contributed by atoms with Crippen LogP contribution in [-0.2, 0) is 9.53 Å². The van der Waals surface area contributed by atoms with Gasteiger partial charge in [-0.05, 0) is 18.2 Å². The van der Waals surface area contributed by atoms with E-state index in [9.17, 15) is 14.4 Å². The largest absolute Gasteiger partial charge is 0.463 e. The van der Waals surface area contributed by atoms with Crippen molar-refractivity contribution in [2.24, 2.45) is 0 Å². The van der Waals surface area contributed by atoms with Crippen LogP contribution in [0, 0.1) is 0 Å². The molecule has 1 amide bonds. The van der Waals surface area contributed by atoms with Gasteiger partial charge in [0.25, 0.3) is 5.91 Å². The number of methoxy groups -OCH3 is 1. The molecule has 0 unspecified atom stereocenters. The molecular weight excluding hydrogens is 286 g/mol. The molecule has 2 aromatic rings. The van der Waals surface area contributed by atoms with Gasteiger partial charge in [0.1, 0.15) is 6.29 Å². The first kappa shape index (κ1) is 15.5. The van der Waals surface area contributed by atoms with Crippen LogP contribution in [0.15, 0.2) is 46.9 Å². The number of aldehydes is 1. The van der Waals surface area contributed by atoms with Gasteiger partial charge in [0.2, 0.25) is 11.6 Å². The maximum atomic E-state index is 12.5. The van der Waals surface area contributed by atoms with E-state index in [0.717, 1.165) is 6.29 Å². The fourth-order valence-electron chi connectivity index (χ4n) is 1.91. The number of furan rings is 1. The van der Waals surface area contributed by atoms with Crippen molar-refractivity contribution >= 4 is 24.0 Å². The van der Waals surface area contributed by atoms with Crippen LogP contribution in [0.3, 0.4) is 0 Å². The van der Waals surface area contributed by atoms with Gasteiger partial charge >= 0.3 is 5.97 Å². The number of amides is 1. The number of rotatable bonds is 6. The summed E-state index contributed by atoms with van der Waals surface area (Å²) in [4.78, 5) is 35.9. The van der Waals surface area contributed by atoms with Crippen molar-refractivity contribution < 1.29 is 23.5 Å².